The summed E-state index contributed by atoms with van der Waals surface area (Å²) < 4.78 is 0. The zero-order valence-electron chi connectivity index (χ0n) is 5.62. The summed E-state index contributed by atoms with van der Waals surface area (Å²) in [5.41, 5.74) is 0. The van der Waals surface area contributed by atoms with Gasteiger partial charge in [0.05, 0.1) is 0 Å². The van der Waals surface area contributed by atoms with Gasteiger partial charge in [0.25, 0.3) is 0 Å². The van der Waals surface area contributed by atoms with Crippen molar-refractivity contribution >= 4 is 0 Å². The molecule has 88 valence electrons. The average Bonchev–Trinajstić information content (AvgIpc) is 1.41. The molecule has 0 heterocycles. The number of rotatable bonds is 2. The van der Waals surface area contributed by atoms with E-state index in [-0.39, 0.29) is 38.3 Å². The van der Waals surface area contributed by atoms with Crippen molar-refractivity contribution in [3.8, 4) is 0 Å². The van der Waals surface area contributed by atoms with Crippen molar-refractivity contribution in [2.24, 2.45) is 0 Å². The van der Waals surface area contributed by atoms with Gasteiger partial charge in [-0.05, 0) is 15.1 Å². The second kappa shape index (κ2) is 150. The van der Waals surface area contributed by atoms with Crippen LogP contribution in [0, 0.1) is 0 Å². The Morgan fingerprint density at radius 2 is 0.667 bits per heavy atom. The number of hydrogen-bond donors (Lipinski definition) is 2. The van der Waals surface area contributed by atoms with Gasteiger partial charge < -0.3 is 38.3 Å². The molecular weight excluding hydrogens is 192 g/mol. The van der Waals surface area contributed by atoms with Crippen LogP contribution in [0.25, 0.3) is 0 Å². The molecule has 0 aromatic rings. The van der Waals surface area contributed by atoms with Gasteiger partial charge in [0.2, 0.25) is 0 Å². The molecule has 12 heteroatoms. The van der Waals surface area contributed by atoms with Crippen LogP contribution in [0.1, 0.15) is 0 Å². The molecular formula is H16O12. The first-order chi connectivity index (χ1) is 2.41. The Morgan fingerprint density at radius 3 is 0.667 bits per heavy atom. The Morgan fingerprint density at radius 1 is 0.500 bits per heavy atom. The molecule has 0 amide bonds. The normalized spacial score (nSPS) is 3.50. The van der Waals surface area contributed by atoms with Gasteiger partial charge in [0.15, 0.2) is 0 Å². The van der Waals surface area contributed by atoms with E-state index in [9.17, 15) is 0 Å². The van der Waals surface area contributed by atoms with E-state index in [0.717, 1.165) is 0 Å². The summed E-state index contributed by atoms with van der Waals surface area (Å²) in [5, 5.41) is 22.5. The molecule has 0 spiro atoms. The fraction of sp³-hybridized carbons (Fsp3) is 0. The van der Waals surface area contributed by atoms with E-state index < -0.39 is 0 Å². The van der Waals surface area contributed by atoms with E-state index in [1.807, 2.05) is 0 Å². The van der Waals surface area contributed by atoms with Gasteiger partial charge in [0.1, 0.15) is 0 Å². The number of hydrogen-bond acceptors (Lipinski definition) is 5. The Labute approximate surface area is 65.4 Å². The molecule has 12 nitrogen and oxygen atoms in total. The lowest BCUT2D eigenvalue weighted by molar-refractivity contribution is -0.695. The third kappa shape index (κ3) is 299. The van der Waals surface area contributed by atoms with Gasteiger partial charge in [0, 0.05) is 0 Å². The summed E-state index contributed by atoms with van der Waals surface area (Å²) >= 11 is 0. The van der Waals surface area contributed by atoms with Crippen LogP contribution < -0.4 is 0 Å². The van der Waals surface area contributed by atoms with Crippen molar-refractivity contribution in [1.29, 1.82) is 0 Å². The van der Waals surface area contributed by atoms with Crippen LogP contribution in [0.2, 0.25) is 0 Å². The van der Waals surface area contributed by atoms with E-state index in [2.05, 4.69) is 15.1 Å². The van der Waals surface area contributed by atoms with Crippen LogP contribution >= 0.6 is 0 Å². The van der Waals surface area contributed by atoms with Crippen LogP contribution in [0.15, 0.2) is 0 Å². The van der Waals surface area contributed by atoms with Crippen LogP contribution in [0.5, 0.6) is 0 Å². The highest BCUT2D eigenvalue weighted by molar-refractivity contribution is 2.78. The van der Waals surface area contributed by atoms with Gasteiger partial charge in [-0.15, -0.1) is 0 Å². The fourth-order valence-corrected chi connectivity index (χ4v) is 0.0136. The predicted molar refractivity (Wildman–Crippen MR) is 33.8 cm³/mol. The van der Waals surface area contributed by atoms with Crippen molar-refractivity contribution in [3.05, 3.63) is 0 Å². The summed E-state index contributed by atoms with van der Waals surface area (Å²) in [6, 6.07) is 0. The molecule has 0 rings (SSSR count). The molecule has 0 saturated carbocycles. The molecule has 0 aromatic heterocycles. The van der Waals surface area contributed by atoms with E-state index in [1.165, 1.54) is 0 Å². The lowest BCUT2D eigenvalue weighted by Crippen LogP contribution is -1.84. The predicted octanol–water partition coefficient (Wildman–Crippen LogP) is -5.96. The van der Waals surface area contributed by atoms with Crippen molar-refractivity contribution < 1.29 is 64.0 Å². The van der Waals surface area contributed by atoms with Gasteiger partial charge >= 0.3 is 0 Å². The Balaban J connectivity index is -0.00000000381. The van der Waals surface area contributed by atoms with Crippen LogP contribution in [0.4, 0.5) is 0 Å². The van der Waals surface area contributed by atoms with Gasteiger partial charge in [-0.25, -0.2) is 10.5 Å². The average molecular weight is 208 g/mol. The maximum atomic E-state index is 7.06. The Kier molecular flexibility index (Phi) is 1290. The van der Waals surface area contributed by atoms with Crippen molar-refractivity contribution in [2.45, 2.75) is 0 Å². The Bertz CT molecular complexity index is 7.51. The van der Waals surface area contributed by atoms with Crippen molar-refractivity contribution in [3.63, 3.8) is 0 Å². The highest BCUT2D eigenvalue weighted by Gasteiger charge is 1.68. The summed E-state index contributed by atoms with van der Waals surface area (Å²) in [6.07, 6.45) is 0. The zero-order valence-corrected chi connectivity index (χ0v) is 5.62. The van der Waals surface area contributed by atoms with Gasteiger partial charge in [-0.3, -0.25) is 0 Å². The van der Waals surface area contributed by atoms with Crippen LogP contribution in [0.3, 0.4) is 0 Å². The van der Waals surface area contributed by atoms with Crippen molar-refractivity contribution in [1.82, 2.24) is 0 Å². The minimum atomic E-state index is 0. The molecule has 0 saturated heterocycles. The van der Waals surface area contributed by atoms with Crippen molar-refractivity contribution in [2.75, 3.05) is 0 Å². The van der Waals surface area contributed by atoms with Crippen LogP contribution in [-0.2, 0) is 15.1 Å². The largest absolute Gasteiger partial charge is 0.412 e. The summed E-state index contributed by atoms with van der Waals surface area (Å²) in [6.45, 7) is 0. The first-order valence-corrected chi connectivity index (χ1v) is 0.698. The van der Waals surface area contributed by atoms with Gasteiger partial charge in [-0.2, -0.15) is 0 Å². The smallest absolute Gasteiger partial charge is 0.00537 e. The molecule has 0 aromatic carbocycles. The van der Waals surface area contributed by atoms with E-state index in [0.29, 0.717) is 0 Å². The highest BCUT2D eigenvalue weighted by Crippen LogP contribution is 1.63. The minimum absolute atomic E-state index is 0. The van der Waals surface area contributed by atoms with E-state index in [1.54, 1.807) is 0 Å². The topological polar surface area (TPSA) is 289 Å². The molecule has 0 aliphatic rings. The fourth-order valence-electron chi connectivity index (χ4n) is 0.0136. The maximum absolute atomic E-state index is 7.06. The van der Waals surface area contributed by atoms with E-state index >= 15 is 0 Å². The first-order valence-electron chi connectivity index (χ1n) is 0.698. The van der Waals surface area contributed by atoms with Crippen LogP contribution in [-0.4, -0.2) is 48.8 Å². The summed E-state index contributed by atoms with van der Waals surface area (Å²) in [5.74, 6) is 0. The van der Waals surface area contributed by atoms with E-state index in [4.69, 9.17) is 10.5 Å². The lowest BCUT2D eigenvalue weighted by atomic mass is 14.3. The second-order valence-electron chi connectivity index (χ2n) is 0.217. The molecule has 0 radical (unpaired) electrons. The molecule has 0 aliphatic heterocycles. The third-order valence-corrected chi connectivity index (χ3v) is 0.0609. The first kappa shape index (κ1) is 103. The second-order valence-corrected chi connectivity index (χ2v) is 0.217. The Hall–Kier alpha value is -0.480. The maximum Gasteiger partial charge on any atom is -0.00537 e. The quantitative estimate of drug-likeness (QED) is 0.329. The SMILES string of the molecule is O.O.O.O.O.O.O.OOOOO. The molecule has 12 heavy (non-hydrogen) atoms. The standard InChI is InChI=1S/H2O5.7H2O/c1-3-5-4-2;;;;;;;/h1-2H;7*1H2. The molecule has 0 atom stereocenters. The minimum Gasteiger partial charge on any atom is -0.412 e. The highest BCUT2D eigenvalue weighted by atomic mass is 17.7. The molecule has 0 bridgehead atoms. The molecule has 0 aliphatic carbocycles. The summed E-state index contributed by atoms with van der Waals surface area (Å²) in [7, 11) is 0. The summed E-state index contributed by atoms with van der Waals surface area (Å²) in [4.78, 5) is 0. The monoisotopic (exact) mass is 208 g/mol. The third-order valence-electron chi connectivity index (χ3n) is 0.0609. The molecule has 0 fully saturated rings. The molecule has 16 N–H and O–H groups in total. The lowest BCUT2D eigenvalue weighted by Gasteiger charge is -1.79. The zero-order chi connectivity index (χ0) is 4.12. The molecule has 0 unspecified atom stereocenters. The van der Waals surface area contributed by atoms with Gasteiger partial charge in [-0.1, -0.05) is 0 Å².